The number of phenolic OH excluding ortho intramolecular Hbond substituents is 1. The lowest BCUT2D eigenvalue weighted by molar-refractivity contribution is -0.0345. The Morgan fingerprint density at radius 1 is 1.19 bits per heavy atom. The van der Waals surface area contributed by atoms with E-state index in [4.69, 9.17) is 4.74 Å². The highest BCUT2D eigenvalue weighted by Gasteiger charge is 2.24. The van der Waals surface area contributed by atoms with Crippen molar-refractivity contribution >= 4 is 0 Å². The van der Waals surface area contributed by atoms with E-state index in [-0.39, 0.29) is 11.9 Å². The molecule has 0 bridgehead atoms. The van der Waals surface area contributed by atoms with Gasteiger partial charge in [-0.05, 0) is 17.7 Å². The Bertz CT molecular complexity index is 603. The van der Waals surface area contributed by atoms with Crippen LogP contribution in [-0.2, 0) is 11.3 Å². The third-order valence-corrected chi connectivity index (χ3v) is 3.73. The first-order valence-corrected chi connectivity index (χ1v) is 7.08. The standard InChI is InChI=1S/C17H18FNO2/c18-16-10-14(20)6-7-15(16)17-12-19(8-9-21-17)11-13-4-2-1-3-5-13/h1-7,10,17,20H,8-9,11-12H2/t17-/m0/s1. The molecule has 4 heteroatoms. The summed E-state index contributed by atoms with van der Waals surface area (Å²) in [6, 6.07) is 14.4. The van der Waals surface area contributed by atoms with Gasteiger partial charge in [0.1, 0.15) is 11.6 Å². The maximum atomic E-state index is 13.9. The summed E-state index contributed by atoms with van der Waals surface area (Å²) >= 11 is 0. The number of phenols is 1. The van der Waals surface area contributed by atoms with E-state index in [1.54, 1.807) is 6.07 Å². The van der Waals surface area contributed by atoms with Gasteiger partial charge in [-0.15, -0.1) is 0 Å². The van der Waals surface area contributed by atoms with Crippen molar-refractivity contribution < 1.29 is 14.2 Å². The maximum absolute atomic E-state index is 13.9. The van der Waals surface area contributed by atoms with Gasteiger partial charge in [0, 0.05) is 31.3 Å². The number of morpholine rings is 1. The van der Waals surface area contributed by atoms with Crippen molar-refractivity contribution in [2.24, 2.45) is 0 Å². The van der Waals surface area contributed by atoms with E-state index in [9.17, 15) is 9.50 Å². The van der Waals surface area contributed by atoms with Gasteiger partial charge in [-0.2, -0.15) is 0 Å². The van der Waals surface area contributed by atoms with Crippen molar-refractivity contribution in [3.8, 4) is 5.75 Å². The third kappa shape index (κ3) is 3.40. The molecule has 0 amide bonds. The van der Waals surface area contributed by atoms with Gasteiger partial charge in [0.05, 0.1) is 12.7 Å². The molecule has 1 aliphatic heterocycles. The maximum Gasteiger partial charge on any atom is 0.132 e. The van der Waals surface area contributed by atoms with E-state index in [2.05, 4.69) is 17.0 Å². The first-order valence-electron chi connectivity index (χ1n) is 7.08. The van der Waals surface area contributed by atoms with Gasteiger partial charge >= 0.3 is 0 Å². The second-order valence-corrected chi connectivity index (χ2v) is 5.29. The van der Waals surface area contributed by atoms with Crippen LogP contribution in [0.25, 0.3) is 0 Å². The van der Waals surface area contributed by atoms with Crippen molar-refractivity contribution in [3.05, 3.63) is 65.5 Å². The van der Waals surface area contributed by atoms with Gasteiger partial charge in [0.2, 0.25) is 0 Å². The molecule has 1 aliphatic rings. The summed E-state index contributed by atoms with van der Waals surface area (Å²) in [4.78, 5) is 2.26. The largest absolute Gasteiger partial charge is 0.508 e. The minimum Gasteiger partial charge on any atom is -0.508 e. The molecule has 21 heavy (non-hydrogen) atoms. The zero-order chi connectivity index (χ0) is 14.7. The topological polar surface area (TPSA) is 32.7 Å². The predicted octanol–water partition coefficient (Wildman–Crippen LogP) is 3.10. The van der Waals surface area contributed by atoms with Crippen LogP contribution >= 0.6 is 0 Å². The summed E-state index contributed by atoms with van der Waals surface area (Å²) in [5, 5.41) is 9.29. The lowest BCUT2D eigenvalue weighted by atomic mass is 10.1. The van der Waals surface area contributed by atoms with Crippen molar-refractivity contribution in [1.29, 1.82) is 0 Å². The van der Waals surface area contributed by atoms with Crippen LogP contribution in [0.2, 0.25) is 0 Å². The summed E-state index contributed by atoms with van der Waals surface area (Å²) in [5.74, 6) is -0.477. The lowest BCUT2D eigenvalue weighted by Gasteiger charge is -2.33. The second kappa shape index (κ2) is 6.24. The first-order chi connectivity index (χ1) is 10.2. The van der Waals surface area contributed by atoms with E-state index in [0.29, 0.717) is 18.7 Å². The first kappa shape index (κ1) is 14.0. The number of halogens is 1. The number of hydrogen-bond acceptors (Lipinski definition) is 3. The summed E-state index contributed by atoms with van der Waals surface area (Å²) in [5.41, 5.74) is 1.75. The minimum atomic E-state index is -0.415. The molecule has 0 radical (unpaired) electrons. The number of ether oxygens (including phenoxy) is 1. The summed E-state index contributed by atoms with van der Waals surface area (Å²) in [6.45, 7) is 2.90. The third-order valence-electron chi connectivity index (χ3n) is 3.73. The molecule has 2 aromatic rings. The van der Waals surface area contributed by atoms with Crippen LogP contribution in [0.15, 0.2) is 48.5 Å². The van der Waals surface area contributed by atoms with Crippen molar-refractivity contribution in [3.63, 3.8) is 0 Å². The molecule has 1 N–H and O–H groups in total. The van der Waals surface area contributed by atoms with Crippen LogP contribution in [0.5, 0.6) is 5.75 Å². The quantitative estimate of drug-likeness (QED) is 0.941. The van der Waals surface area contributed by atoms with Crippen molar-refractivity contribution in [2.75, 3.05) is 19.7 Å². The van der Waals surface area contributed by atoms with Crippen LogP contribution in [0, 0.1) is 5.82 Å². The summed E-state index contributed by atoms with van der Waals surface area (Å²) in [6.07, 6.45) is -0.289. The van der Waals surface area contributed by atoms with E-state index < -0.39 is 5.82 Å². The van der Waals surface area contributed by atoms with Gasteiger partial charge in [0.15, 0.2) is 0 Å². The predicted molar refractivity (Wildman–Crippen MR) is 78.5 cm³/mol. The van der Waals surface area contributed by atoms with E-state index in [0.717, 1.165) is 19.2 Å². The number of benzene rings is 2. The molecular formula is C17H18FNO2. The van der Waals surface area contributed by atoms with Gasteiger partial charge in [-0.3, -0.25) is 4.90 Å². The molecule has 0 aromatic heterocycles. The van der Waals surface area contributed by atoms with Gasteiger partial charge in [-0.1, -0.05) is 30.3 Å². The zero-order valence-electron chi connectivity index (χ0n) is 11.7. The van der Waals surface area contributed by atoms with Gasteiger partial charge < -0.3 is 9.84 Å². The number of hydrogen-bond donors (Lipinski definition) is 1. The minimum absolute atomic E-state index is 0.0619. The molecular weight excluding hydrogens is 269 g/mol. The Morgan fingerprint density at radius 3 is 2.76 bits per heavy atom. The highest BCUT2D eigenvalue weighted by Crippen LogP contribution is 2.27. The average Bonchev–Trinajstić information content (AvgIpc) is 2.48. The Morgan fingerprint density at radius 2 is 2.00 bits per heavy atom. The van der Waals surface area contributed by atoms with Crippen molar-refractivity contribution in [1.82, 2.24) is 4.90 Å². The zero-order valence-corrected chi connectivity index (χ0v) is 11.7. The highest BCUT2D eigenvalue weighted by atomic mass is 19.1. The molecule has 1 fully saturated rings. The van der Waals surface area contributed by atoms with E-state index in [1.165, 1.54) is 11.6 Å². The van der Waals surface area contributed by atoms with Crippen LogP contribution in [0.4, 0.5) is 4.39 Å². The number of rotatable bonds is 3. The Balaban J connectivity index is 1.71. The molecule has 1 atom stereocenters. The molecule has 0 saturated carbocycles. The molecule has 110 valence electrons. The Hall–Kier alpha value is -1.91. The Kier molecular flexibility index (Phi) is 4.18. The molecule has 2 aromatic carbocycles. The number of aromatic hydroxyl groups is 1. The average molecular weight is 287 g/mol. The fourth-order valence-corrected chi connectivity index (χ4v) is 2.65. The smallest absolute Gasteiger partial charge is 0.132 e. The molecule has 3 nitrogen and oxygen atoms in total. The normalized spacial score (nSPS) is 19.6. The molecule has 1 heterocycles. The van der Waals surface area contributed by atoms with Crippen molar-refractivity contribution in [2.45, 2.75) is 12.6 Å². The van der Waals surface area contributed by atoms with Crippen LogP contribution in [0.1, 0.15) is 17.2 Å². The van der Waals surface area contributed by atoms with Crippen LogP contribution in [0.3, 0.4) is 0 Å². The molecule has 0 unspecified atom stereocenters. The van der Waals surface area contributed by atoms with Gasteiger partial charge in [-0.25, -0.2) is 4.39 Å². The summed E-state index contributed by atoms with van der Waals surface area (Å²) < 4.78 is 19.6. The Labute approximate surface area is 123 Å². The van der Waals surface area contributed by atoms with E-state index in [1.807, 2.05) is 18.2 Å². The fraction of sp³-hybridized carbons (Fsp3) is 0.294. The van der Waals surface area contributed by atoms with Crippen LogP contribution in [-0.4, -0.2) is 29.7 Å². The lowest BCUT2D eigenvalue weighted by Crippen LogP contribution is -2.38. The molecule has 1 saturated heterocycles. The fourth-order valence-electron chi connectivity index (χ4n) is 2.65. The molecule has 0 aliphatic carbocycles. The molecule has 0 spiro atoms. The monoisotopic (exact) mass is 287 g/mol. The molecule has 3 rings (SSSR count). The highest BCUT2D eigenvalue weighted by molar-refractivity contribution is 5.29. The van der Waals surface area contributed by atoms with Crippen LogP contribution < -0.4 is 0 Å². The van der Waals surface area contributed by atoms with Gasteiger partial charge in [0.25, 0.3) is 0 Å². The number of nitrogens with zero attached hydrogens (tertiary/aromatic N) is 1. The van der Waals surface area contributed by atoms with E-state index >= 15 is 0 Å². The summed E-state index contributed by atoms with van der Waals surface area (Å²) in [7, 11) is 0. The second-order valence-electron chi connectivity index (χ2n) is 5.29. The SMILES string of the molecule is Oc1ccc([C@@H]2CN(Cc3ccccc3)CCO2)c(F)c1.